The highest BCUT2D eigenvalue weighted by Crippen LogP contribution is 2.32. The maximum absolute atomic E-state index is 12.7. The minimum Gasteiger partial charge on any atom is -0.396 e. The van der Waals surface area contributed by atoms with Gasteiger partial charge in [-0.1, -0.05) is 0 Å². The molecule has 2 rings (SSSR count). The summed E-state index contributed by atoms with van der Waals surface area (Å²) in [7, 11) is 0. The number of hydrogen-bond acceptors (Lipinski definition) is 4. The van der Waals surface area contributed by atoms with Crippen molar-refractivity contribution >= 4 is 11.7 Å². The molecule has 0 aliphatic carbocycles. The van der Waals surface area contributed by atoms with Gasteiger partial charge < -0.3 is 15.7 Å². The van der Waals surface area contributed by atoms with E-state index in [2.05, 4.69) is 4.98 Å². The molecule has 1 aromatic rings. The number of nitrogens with zero attached hydrogens (tertiary/aromatic N) is 2. The number of nitrogens with two attached hydrogens (primary N) is 1. The molecule has 0 spiro atoms. The van der Waals surface area contributed by atoms with Crippen molar-refractivity contribution in [1.82, 2.24) is 4.98 Å². The molecular weight excluding hydrogens is 273 g/mol. The molecule has 1 unspecified atom stereocenters. The number of aromatic nitrogens is 1. The van der Waals surface area contributed by atoms with Crippen molar-refractivity contribution in [1.29, 1.82) is 5.41 Å². The SMILES string of the molecule is N=C(N)c1ccc(C(F)(F)F)nc1N1CCC(CO)C1. The highest BCUT2D eigenvalue weighted by Gasteiger charge is 2.34. The molecule has 1 aliphatic heterocycles. The lowest BCUT2D eigenvalue weighted by atomic mass is 10.1. The van der Waals surface area contributed by atoms with Crippen molar-refractivity contribution in [3.05, 3.63) is 23.4 Å². The Morgan fingerprint density at radius 2 is 2.20 bits per heavy atom. The van der Waals surface area contributed by atoms with Crippen molar-refractivity contribution in [3.8, 4) is 0 Å². The van der Waals surface area contributed by atoms with Crippen LogP contribution >= 0.6 is 0 Å². The third kappa shape index (κ3) is 2.84. The molecule has 0 radical (unpaired) electrons. The molecule has 1 aromatic heterocycles. The molecule has 110 valence electrons. The molecular formula is C12H15F3N4O. The Balaban J connectivity index is 2.40. The van der Waals surface area contributed by atoms with Crippen LogP contribution in [0, 0.1) is 11.3 Å². The first-order valence-corrected chi connectivity index (χ1v) is 6.11. The maximum atomic E-state index is 12.7. The largest absolute Gasteiger partial charge is 0.433 e. The van der Waals surface area contributed by atoms with E-state index in [4.69, 9.17) is 16.2 Å². The van der Waals surface area contributed by atoms with E-state index in [1.807, 2.05) is 0 Å². The first kappa shape index (κ1) is 14.6. The zero-order valence-corrected chi connectivity index (χ0v) is 10.6. The Labute approximate surface area is 113 Å². The van der Waals surface area contributed by atoms with Crippen LogP contribution in [0.1, 0.15) is 17.7 Å². The summed E-state index contributed by atoms with van der Waals surface area (Å²) in [6, 6.07) is 1.99. The molecule has 1 fully saturated rings. The number of halogens is 3. The van der Waals surface area contributed by atoms with Gasteiger partial charge in [0.05, 0.1) is 5.56 Å². The topological polar surface area (TPSA) is 86.2 Å². The summed E-state index contributed by atoms with van der Waals surface area (Å²) in [5, 5.41) is 16.5. The Bertz CT molecular complexity index is 518. The molecule has 1 saturated heterocycles. The quantitative estimate of drug-likeness (QED) is 0.576. The molecule has 0 amide bonds. The van der Waals surface area contributed by atoms with Crippen LogP contribution in [0.3, 0.4) is 0 Å². The second-order valence-corrected chi connectivity index (χ2v) is 4.76. The van der Waals surface area contributed by atoms with Gasteiger partial charge in [0, 0.05) is 25.6 Å². The lowest BCUT2D eigenvalue weighted by Crippen LogP contribution is -2.27. The number of hydrogen-bond donors (Lipinski definition) is 3. The van der Waals surface area contributed by atoms with Crippen molar-refractivity contribution < 1.29 is 18.3 Å². The van der Waals surface area contributed by atoms with Gasteiger partial charge in [0.2, 0.25) is 0 Å². The number of nitrogen functional groups attached to an aromatic ring is 1. The Morgan fingerprint density at radius 3 is 2.70 bits per heavy atom. The van der Waals surface area contributed by atoms with Crippen molar-refractivity contribution in [2.75, 3.05) is 24.6 Å². The number of rotatable bonds is 3. The Kier molecular flexibility index (Phi) is 3.85. The fourth-order valence-corrected chi connectivity index (χ4v) is 2.23. The summed E-state index contributed by atoms with van der Waals surface area (Å²) in [6.45, 7) is 0.871. The first-order valence-electron chi connectivity index (χ1n) is 6.11. The minimum atomic E-state index is -4.54. The lowest BCUT2D eigenvalue weighted by molar-refractivity contribution is -0.141. The normalized spacial score (nSPS) is 19.4. The number of nitrogens with one attached hydrogen (secondary N) is 1. The summed E-state index contributed by atoms with van der Waals surface area (Å²) in [4.78, 5) is 5.25. The number of alkyl halides is 3. The number of aliphatic hydroxyl groups excluding tert-OH is 1. The molecule has 1 aliphatic rings. The summed E-state index contributed by atoms with van der Waals surface area (Å²) in [5.74, 6) is -0.261. The van der Waals surface area contributed by atoms with Gasteiger partial charge in [-0.2, -0.15) is 13.2 Å². The predicted octanol–water partition coefficient (Wildman–Crippen LogP) is 1.20. The average Bonchev–Trinajstić information content (AvgIpc) is 2.85. The van der Waals surface area contributed by atoms with Crippen LogP contribution in [-0.4, -0.2) is 35.6 Å². The van der Waals surface area contributed by atoms with Crippen LogP contribution in [0.25, 0.3) is 0 Å². The van der Waals surface area contributed by atoms with E-state index in [1.165, 1.54) is 6.07 Å². The highest BCUT2D eigenvalue weighted by molar-refractivity contribution is 5.99. The number of aliphatic hydroxyl groups is 1. The molecule has 20 heavy (non-hydrogen) atoms. The third-order valence-electron chi connectivity index (χ3n) is 3.30. The van der Waals surface area contributed by atoms with Crippen molar-refractivity contribution in [2.24, 2.45) is 11.7 Å². The van der Waals surface area contributed by atoms with E-state index in [-0.39, 0.29) is 29.7 Å². The summed E-state index contributed by atoms with van der Waals surface area (Å²) < 4.78 is 38.2. The van der Waals surface area contributed by atoms with Gasteiger partial charge in [0.15, 0.2) is 0 Å². The molecule has 2 heterocycles. The monoisotopic (exact) mass is 288 g/mol. The van der Waals surface area contributed by atoms with E-state index >= 15 is 0 Å². The second kappa shape index (κ2) is 5.28. The van der Waals surface area contributed by atoms with Gasteiger partial charge in [0.25, 0.3) is 0 Å². The Hall–Kier alpha value is -1.83. The van der Waals surface area contributed by atoms with E-state index in [9.17, 15) is 13.2 Å². The van der Waals surface area contributed by atoms with Crippen molar-refractivity contribution in [3.63, 3.8) is 0 Å². The van der Waals surface area contributed by atoms with Gasteiger partial charge in [0.1, 0.15) is 17.3 Å². The van der Waals surface area contributed by atoms with E-state index < -0.39 is 11.9 Å². The summed E-state index contributed by atoms with van der Waals surface area (Å²) in [6.07, 6.45) is -3.87. The number of amidine groups is 1. The zero-order chi connectivity index (χ0) is 14.9. The van der Waals surface area contributed by atoms with Crippen LogP contribution in [0.15, 0.2) is 12.1 Å². The molecule has 5 nitrogen and oxygen atoms in total. The maximum Gasteiger partial charge on any atom is 0.433 e. The molecule has 1 atom stereocenters. The third-order valence-corrected chi connectivity index (χ3v) is 3.30. The van der Waals surface area contributed by atoms with E-state index in [0.29, 0.717) is 19.5 Å². The summed E-state index contributed by atoms with van der Waals surface area (Å²) >= 11 is 0. The van der Waals surface area contributed by atoms with Crippen LogP contribution in [0.5, 0.6) is 0 Å². The van der Waals surface area contributed by atoms with Crippen LogP contribution in [0.4, 0.5) is 19.0 Å². The minimum absolute atomic E-state index is 0.00570. The van der Waals surface area contributed by atoms with Crippen LogP contribution in [-0.2, 0) is 6.18 Å². The van der Waals surface area contributed by atoms with Crippen molar-refractivity contribution in [2.45, 2.75) is 12.6 Å². The van der Waals surface area contributed by atoms with Crippen LogP contribution in [0.2, 0.25) is 0 Å². The molecule has 0 bridgehead atoms. The average molecular weight is 288 g/mol. The zero-order valence-electron chi connectivity index (χ0n) is 10.6. The van der Waals surface area contributed by atoms with Gasteiger partial charge in [-0.05, 0) is 18.6 Å². The fraction of sp³-hybridized carbons (Fsp3) is 0.500. The molecule has 4 N–H and O–H groups in total. The van der Waals surface area contributed by atoms with Crippen LogP contribution < -0.4 is 10.6 Å². The summed E-state index contributed by atoms with van der Waals surface area (Å²) in [5.41, 5.74) is 4.56. The van der Waals surface area contributed by atoms with E-state index in [0.717, 1.165) is 6.07 Å². The van der Waals surface area contributed by atoms with Gasteiger partial charge in [-0.15, -0.1) is 0 Å². The molecule has 8 heteroatoms. The Morgan fingerprint density at radius 1 is 1.50 bits per heavy atom. The van der Waals surface area contributed by atoms with E-state index in [1.54, 1.807) is 4.90 Å². The number of pyridine rings is 1. The predicted molar refractivity (Wildman–Crippen MR) is 67.7 cm³/mol. The number of anilines is 1. The van der Waals surface area contributed by atoms with Gasteiger partial charge in [-0.25, -0.2) is 4.98 Å². The second-order valence-electron chi connectivity index (χ2n) is 4.76. The van der Waals surface area contributed by atoms with Gasteiger partial charge in [-0.3, -0.25) is 5.41 Å². The fourth-order valence-electron chi connectivity index (χ4n) is 2.23. The molecule has 0 aromatic carbocycles. The lowest BCUT2D eigenvalue weighted by Gasteiger charge is -2.21. The smallest absolute Gasteiger partial charge is 0.396 e. The first-order chi connectivity index (χ1) is 9.32. The molecule has 0 saturated carbocycles. The standard InChI is InChI=1S/C12H15F3N4O/c13-12(14,15)9-2-1-8(10(16)17)11(18-9)19-4-3-7(5-19)6-20/h1-2,7,20H,3-6H2,(H3,16,17). The van der Waals surface area contributed by atoms with Gasteiger partial charge >= 0.3 is 6.18 Å². The highest BCUT2D eigenvalue weighted by atomic mass is 19.4.